The summed E-state index contributed by atoms with van der Waals surface area (Å²) in [4.78, 5) is 0. The highest BCUT2D eigenvalue weighted by molar-refractivity contribution is 6.67. The minimum absolute atomic E-state index is 0.693. The van der Waals surface area contributed by atoms with Gasteiger partial charge in [0.1, 0.15) is 0 Å². The number of unbranched alkanes of at least 4 members (excludes halogenated alkanes) is 8. The van der Waals surface area contributed by atoms with Gasteiger partial charge in [0, 0.05) is 10.2 Å². The van der Waals surface area contributed by atoms with E-state index in [4.69, 9.17) is 34.8 Å². The molecule has 0 aliphatic carbocycles. The zero-order valence-electron chi connectivity index (χ0n) is 10.4. The first-order valence-corrected chi connectivity index (χ1v) is 9.18. The van der Waals surface area contributed by atoms with E-state index in [9.17, 15) is 0 Å². The zero-order chi connectivity index (χ0) is 12.3. The van der Waals surface area contributed by atoms with Crippen LogP contribution in [0.5, 0.6) is 0 Å². The second-order valence-corrected chi connectivity index (χ2v) is 8.06. The molecule has 0 amide bonds. The summed E-state index contributed by atoms with van der Waals surface area (Å²) in [5.74, 6) is 0. The maximum absolute atomic E-state index is 5.68. The third kappa shape index (κ3) is 15.1. The lowest BCUT2D eigenvalue weighted by molar-refractivity contribution is 0.558. The number of alkyl halides is 3. The highest BCUT2D eigenvalue weighted by Crippen LogP contribution is 2.32. The predicted molar refractivity (Wildman–Crippen MR) is 81.2 cm³/mol. The fourth-order valence-electron chi connectivity index (χ4n) is 1.81. The van der Waals surface area contributed by atoms with Crippen molar-refractivity contribution in [3.63, 3.8) is 0 Å². The Hall–Kier alpha value is 1.09. The van der Waals surface area contributed by atoms with Gasteiger partial charge in [-0.15, -0.1) is 0 Å². The lowest BCUT2D eigenvalue weighted by Gasteiger charge is -2.09. The Bertz CT molecular complexity index is 146. The van der Waals surface area contributed by atoms with Crippen LogP contribution in [0.15, 0.2) is 0 Å². The topological polar surface area (TPSA) is 0 Å². The van der Waals surface area contributed by atoms with Gasteiger partial charge in [-0.3, -0.25) is 0 Å². The fraction of sp³-hybridized carbons (Fsp3) is 1.00. The summed E-state index contributed by atoms with van der Waals surface area (Å²) in [7, 11) is 1.37. The normalized spacial score (nSPS) is 12.2. The second kappa shape index (κ2) is 11.2. The van der Waals surface area contributed by atoms with Crippen LogP contribution in [0.4, 0.5) is 0 Å². The third-order valence-electron chi connectivity index (χ3n) is 2.81. The summed E-state index contributed by atoms with van der Waals surface area (Å²) in [5, 5.41) is 0. The molecule has 0 spiro atoms. The van der Waals surface area contributed by atoms with Crippen molar-refractivity contribution >= 4 is 45.0 Å². The van der Waals surface area contributed by atoms with Gasteiger partial charge in [0.2, 0.25) is 0 Å². The van der Waals surface area contributed by atoms with Gasteiger partial charge >= 0.3 is 0 Å². The molecular formula is C12H25Cl3Si. The summed E-state index contributed by atoms with van der Waals surface area (Å²) < 4.78 is -1.04. The summed E-state index contributed by atoms with van der Waals surface area (Å²) in [5.41, 5.74) is 0. The van der Waals surface area contributed by atoms with E-state index in [1.165, 1.54) is 67.7 Å². The van der Waals surface area contributed by atoms with Crippen LogP contribution >= 0.6 is 34.8 Å². The molecule has 16 heavy (non-hydrogen) atoms. The largest absolute Gasteiger partial charge is 0.190 e. The summed E-state index contributed by atoms with van der Waals surface area (Å²) >= 11 is 17.0. The van der Waals surface area contributed by atoms with Crippen LogP contribution in [0, 0.1) is 0 Å². The summed E-state index contributed by atoms with van der Waals surface area (Å²) in [6, 6.07) is 1.47. The van der Waals surface area contributed by atoms with E-state index in [-0.39, 0.29) is 0 Å². The van der Waals surface area contributed by atoms with Crippen molar-refractivity contribution in [3.05, 3.63) is 0 Å². The molecule has 0 atom stereocenters. The van der Waals surface area contributed by atoms with Gasteiger partial charge in [0.05, 0.1) is 0 Å². The molecule has 4 heteroatoms. The quantitative estimate of drug-likeness (QED) is 0.301. The van der Waals surface area contributed by atoms with Crippen LogP contribution in [0.2, 0.25) is 6.04 Å². The molecular weight excluding hydrogens is 279 g/mol. The third-order valence-corrected chi connectivity index (χ3v) is 4.09. The van der Waals surface area contributed by atoms with E-state index in [1.54, 1.807) is 0 Å². The van der Waals surface area contributed by atoms with Crippen molar-refractivity contribution < 1.29 is 0 Å². The first-order chi connectivity index (χ1) is 7.56. The van der Waals surface area contributed by atoms with Crippen molar-refractivity contribution in [3.8, 4) is 0 Å². The van der Waals surface area contributed by atoms with E-state index < -0.39 is 3.79 Å². The molecule has 0 radical (unpaired) electrons. The van der Waals surface area contributed by atoms with Crippen LogP contribution in [0.25, 0.3) is 0 Å². The molecule has 0 saturated heterocycles. The molecule has 0 rings (SSSR count). The minimum Gasteiger partial charge on any atom is -0.0837 e. The highest BCUT2D eigenvalue weighted by atomic mass is 35.6. The first kappa shape index (κ1) is 17.1. The molecule has 0 nitrogen and oxygen atoms in total. The number of hydrogen-bond acceptors (Lipinski definition) is 0. The maximum atomic E-state index is 5.68. The minimum atomic E-state index is -1.04. The van der Waals surface area contributed by atoms with Gasteiger partial charge < -0.3 is 0 Å². The van der Waals surface area contributed by atoms with E-state index in [0.717, 1.165) is 6.42 Å². The van der Waals surface area contributed by atoms with Gasteiger partial charge in [-0.2, -0.15) is 0 Å². The van der Waals surface area contributed by atoms with Gasteiger partial charge in [-0.1, -0.05) is 92.2 Å². The van der Waals surface area contributed by atoms with Crippen molar-refractivity contribution in [1.29, 1.82) is 0 Å². The standard InChI is InChI=1S/C12H25Cl3Si/c13-12(14,15)10-8-6-4-2-1-3-5-7-9-11-16/h1-11H2,16H3. The van der Waals surface area contributed by atoms with Crippen molar-refractivity contribution in [2.75, 3.05) is 0 Å². The molecule has 0 aromatic rings. The first-order valence-electron chi connectivity index (χ1n) is 6.63. The van der Waals surface area contributed by atoms with Crippen molar-refractivity contribution in [2.45, 2.75) is 74.0 Å². The van der Waals surface area contributed by atoms with E-state index in [2.05, 4.69) is 0 Å². The van der Waals surface area contributed by atoms with E-state index in [1.807, 2.05) is 0 Å². The lowest BCUT2D eigenvalue weighted by atomic mass is 10.1. The van der Waals surface area contributed by atoms with Crippen molar-refractivity contribution in [2.24, 2.45) is 0 Å². The van der Waals surface area contributed by atoms with Crippen molar-refractivity contribution in [1.82, 2.24) is 0 Å². The number of halogens is 3. The fourth-order valence-corrected chi connectivity index (χ4v) is 2.71. The molecule has 0 fully saturated rings. The lowest BCUT2D eigenvalue weighted by Crippen LogP contribution is -2.00. The molecule has 0 aromatic heterocycles. The highest BCUT2D eigenvalue weighted by Gasteiger charge is 2.17. The van der Waals surface area contributed by atoms with Crippen LogP contribution in [-0.2, 0) is 0 Å². The summed E-state index contributed by atoms with van der Waals surface area (Å²) in [6.45, 7) is 0. The Morgan fingerprint density at radius 2 is 1.00 bits per heavy atom. The summed E-state index contributed by atoms with van der Waals surface area (Å²) in [6.07, 6.45) is 12.7. The maximum Gasteiger partial charge on any atom is 0.190 e. The molecule has 0 aliphatic heterocycles. The SMILES string of the molecule is [SiH3]CCCCCCCCCCCC(Cl)(Cl)Cl. The molecule has 0 aromatic carbocycles. The number of rotatable bonds is 10. The average Bonchev–Trinajstić information content (AvgIpc) is 2.19. The Labute approximate surface area is 119 Å². The molecule has 98 valence electrons. The van der Waals surface area contributed by atoms with Gasteiger partial charge in [-0.25, -0.2) is 0 Å². The monoisotopic (exact) mass is 302 g/mol. The predicted octanol–water partition coefficient (Wildman–Crippen LogP) is 5.04. The van der Waals surface area contributed by atoms with Crippen LogP contribution in [-0.4, -0.2) is 14.0 Å². The Kier molecular flexibility index (Phi) is 12.0. The molecule has 0 N–H and O–H groups in total. The smallest absolute Gasteiger partial charge is 0.0837 e. The van der Waals surface area contributed by atoms with Gasteiger partial charge in [0.25, 0.3) is 0 Å². The molecule has 0 aliphatic rings. The Morgan fingerprint density at radius 1 is 0.625 bits per heavy atom. The Balaban J connectivity index is 2.99. The van der Waals surface area contributed by atoms with Gasteiger partial charge in [-0.05, 0) is 12.8 Å². The molecule has 0 bridgehead atoms. The molecule has 0 unspecified atom stereocenters. The van der Waals surface area contributed by atoms with E-state index >= 15 is 0 Å². The Morgan fingerprint density at radius 3 is 1.38 bits per heavy atom. The number of hydrogen-bond donors (Lipinski definition) is 0. The van der Waals surface area contributed by atoms with E-state index in [0.29, 0.717) is 6.42 Å². The van der Waals surface area contributed by atoms with Crippen LogP contribution < -0.4 is 0 Å². The van der Waals surface area contributed by atoms with Gasteiger partial charge in [0.15, 0.2) is 3.79 Å². The second-order valence-electron chi connectivity index (χ2n) is 4.55. The zero-order valence-corrected chi connectivity index (χ0v) is 14.7. The average molecular weight is 304 g/mol. The molecule has 0 saturated carbocycles. The van der Waals surface area contributed by atoms with Crippen LogP contribution in [0.3, 0.4) is 0 Å². The molecule has 0 heterocycles. The van der Waals surface area contributed by atoms with Crippen LogP contribution in [0.1, 0.15) is 64.2 Å².